The molecule has 1 nitrogen and oxygen atoms in total. The normalized spacial score (nSPS) is 16.1. The molecule has 0 radical (unpaired) electrons. The van der Waals surface area contributed by atoms with Crippen LogP contribution in [0.4, 0.5) is 0 Å². The van der Waals surface area contributed by atoms with E-state index in [4.69, 9.17) is 0 Å². The van der Waals surface area contributed by atoms with Gasteiger partial charge >= 0.3 is 0 Å². The van der Waals surface area contributed by atoms with Gasteiger partial charge in [0.05, 0.1) is 0 Å². The lowest BCUT2D eigenvalue weighted by Gasteiger charge is -2.13. The van der Waals surface area contributed by atoms with Crippen LogP contribution in [0.2, 0.25) is 0 Å². The molecule has 1 unspecified atom stereocenters. The molecule has 0 bridgehead atoms. The van der Waals surface area contributed by atoms with Crippen molar-refractivity contribution in [2.75, 3.05) is 12.8 Å². The summed E-state index contributed by atoms with van der Waals surface area (Å²) in [6, 6.07) is 7.50. The summed E-state index contributed by atoms with van der Waals surface area (Å²) in [5.41, 5.74) is 1.59. The molecule has 20 heavy (non-hydrogen) atoms. The number of hydrogen-bond donors (Lipinski definition) is 1. The van der Waals surface area contributed by atoms with Crippen molar-refractivity contribution >= 4 is 34.4 Å². The Balaban J connectivity index is 1.77. The van der Waals surface area contributed by atoms with Crippen molar-refractivity contribution in [2.24, 2.45) is 0 Å². The van der Waals surface area contributed by atoms with E-state index in [-0.39, 0.29) is 0 Å². The van der Waals surface area contributed by atoms with Crippen LogP contribution in [-0.4, -0.2) is 12.8 Å². The van der Waals surface area contributed by atoms with Gasteiger partial charge in [0.25, 0.3) is 0 Å². The monoisotopic (exact) mass is 323 g/mol. The summed E-state index contributed by atoms with van der Waals surface area (Å²) in [7, 11) is 2.09. The number of hydrogen-bond acceptors (Lipinski definition) is 4. The molecule has 1 N–H and O–H groups in total. The first-order chi connectivity index (χ1) is 9.80. The minimum absolute atomic E-state index is 0.471. The summed E-state index contributed by atoms with van der Waals surface area (Å²) in [6.45, 7) is 2.23. The summed E-state index contributed by atoms with van der Waals surface area (Å²) in [5.74, 6) is 2.50. The molecule has 0 amide bonds. The van der Waals surface area contributed by atoms with E-state index in [2.05, 4.69) is 49.2 Å². The van der Waals surface area contributed by atoms with E-state index in [0.29, 0.717) is 6.04 Å². The summed E-state index contributed by atoms with van der Waals surface area (Å²) in [4.78, 5) is 6.14. The van der Waals surface area contributed by atoms with E-state index in [1.165, 1.54) is 32.6 Å². The second kappa shape index (κ2) is 6.65. The van der Waals surface area contributed by atoms with Crippen LogP contribution in [0.3, 0.4) is 0 Å². The van der Waals surface area contributed by atoms with E-state index >= 15 is 0 Å². The van der Waals surface area contributed by atoms with Gasteiger partial charge in [-0.25, -0.2) is 0 Å². The number of fused-ring (bicyclic) bond motifs is 1. The molecular weight excluding hydrogens is 302 g/mol. The second-order valence-electron chi connectivity index (χ2n) is 5.17. The van der Waals surface area contributed by atoms with E-state index in [1.807, 2.05) is 22.7 Å². The van der Waals surface area contributed by atoms with Crippen molar-refractivity contribution in [2.45, 2.75) is 38.0 Å². The Labute approximate surface area is 133 Å². The minimum atomic E-state index is 0.471. The fourth-order valence-corrected chi connectivity index (χ4v) is 6.10. The van der Waals surface area contributed by atoms with Crippen LogP contribution in [-0.2, 0) is 25.0 Å². The second-order valence-corrected chi connectivity index (χ2v) is 8.69. The number of likely N-dealkylation sites (N-methyl/N-ethyl adjacent to an activating group) is 1. The van der Waals surface area contributed by atoms with Crippen LogP contribution >= 0.6 is 34.4 Å². The molecule has 108 valence electrons. The largest absolute Gasteiger partial charge is 0.312 e. The molecule has 0 saturated carbocycles. The molecule has 3 heterocycles. The Hall–Kier alpha value is -0.290. The number of nitrogens with one attached hydrogen (secondary N) is 1. The van der Waals surface area contributed by atoms with Crippen molar-refractivity contribution in [3.63, 3.8) is 0 Å². The molecule has 0 saturated heterocycles. The highest BCUT2D eigenvalue weighted by molar-refractivity contribution is 7.98. The Kier molecular flexibility index (Phi) is 4.87. The van der Waals surface area contributed by atoms with Crippen molar-refractivity contribution in [1.29, 1.82) is 0 Å². The maximum atomic E-state index is 3.51. The molecule has 0 spiro atoms. The third kappa shape index (κ3) is 3.14. The molecule has 0 aliphatic carbocycles. The molecule has 0 aromatic carbocycles. The quantitative estimate of drug-likeness (QED) is 0.858. The SMILES string of the molecule is CCc1ccc(CC(NC)c2cc3c(s2)CCSC3)s1. The van der Waals surface area contributed by atoms with Crippen LogP contribution in [0.1, 0.15) is 38.0 Å². The number of aryl methyl sites for hydroxylation is 2. The van der Waals surface area contributed by atoms with Crippen LogP contribution in [0.15, 0.2) is 18.2 Å². The van der Waals surface area contributed by atoms with E-state index < -0.39 is 0 Å². The zero-order valence-corrected chi connectivity index (χ0v) is 14.5. The topological polar surface area (TPSA) is 12.0 Å². The highest BCUT2D eigenvalue weighted by atomic mass is 32.2. The Bertz CT molecular complexity index is 547. The first kappa shape index (κ1) is 14.6. The lowest BCUT2D eigenvalue weighted by atomic mass is 10.1. The van der Waals surface area contributed by atoms with Crippen LogP contribution < -0.4 is 5.32 Å². The van der Waals surface area contributed by atoms with Crippen LogP contribution in [0, 0.1) is 0 Å². The summed E-state index contributed by atoms with van der Waals surface area (Å²) >= 11 is 6.06. The van der Waals surface area contributed by atoms with E-state index in [9.17, 15) is 0 Å². The number of rotatable bonds is 5. The average molecular weight is 324 g/mol. The van der Waals surface area contributed by atoms with E-state index in [1.54, 1.807) is 10.4 Å². The molecule has 4 heteroatoms. The van der Waals surface area contributed by atoms with E-state index in [0.717, 1.165) is 12.8 Å². The highest BCUT2D eigenvalue weighted by Crippen LogP contribution is 2.35. The van der Waals surface area contributed by atoms with Gasteiger partial charge in [0, 0.05) is 37.7 Å². The third-order valence-electron chi connectivity index (χ3n) is 3.81. The minimum Gasteiger partial charge on any atom is -0.312 e. The molecule has 3 rings (SSSR count). The van der Waals surface area contributed by atoms with Crippen molar-refractivity contribution < 1.29 is 0 Å². The molecular formula is C16H21NS3. The van der Waals surface area contributed by atoms with Gasteiger partial charge in [-0.15, -0.1) is 22.7 Å². The average Bonchev–Trinajstić information content (AvgIpc) is 3.10. The molecule has 1 atom stereocenters. The van der Waals surface area contributed by atoms with Crippen molar-refractivity contribution in [3.05, 3.63) is 43.3 Å². The van der Waals surface area contributed by atoms with Crippen LogP contribution in [0.25, 0.3) is 0 Å². The lowest BCUT2D eigenvalue weighted by molar-refractivity contribution is 0.606. The van der Waals surface area contributed by atoms with Gasteiger partial charge < -0.3 is 5.32 Å². The summed E-state index contributed by atoms with van der Waals surface area (Å²) in [6.07, 6.45) is 3.53. The fourth-order valence-electron chi connectivity index (χ4n) is 2.61. The van der Waals surface area contributed by atoms with Gasteiger partial charge in [0.15, 0.2) is 0 Å². The molecule has 2 aromatic rings. The van der Waals surface area contributed by atoms with Gasteiger partial charge in [0.1, 0.15) is 0 Å². The predicted octanol–water partition coefficient (Wildman–Crippen LogP) is 4.66. The standard InChI is InChI=1S/C16H21NS3/c1-3-12-4-5-13(19-12)9-14(17-2)16-8-11-10-18-7-6-15(11)20-16/h4-5,8,14,17H,3,6-7,9-10H2,1-2H3. The highest BCUT2D eigenvalue weighted by Gasteiger charge is 2.19. The van der Waals surface area contributed by atoms with Crippen molar-refractivity contribution in [3.8, 4) is 0 Å². The predicted molar refractivity (Wildman–Crippen MR) is 93.4 cm³/mol. The van der Waals surface area contributed by atoms with Gasteiger partial charge in [0.2, 0.25) is 0 Å². The summed E-state index contributed by atoms with van der Waals surface area (Å²) in [5, 5.41) is 3.51. The maximum Gasteiger partial charge on any atom is 0.0461 e. The number of thioether (sulfide) groups is 1. The number of thiophene rings is 2. The maximum absolute atomic E-state index is 3.51. The zero-order valence-electron chi connectivity index (χ0n) is 12.1. The zero-order chi connectivity index (χ0) is 13.9. The Morgan fingerprint density at radius 2 is 2.10 bits per heavy atom. The first-order valence-corrected chi connectivity index (χ1v) is 10.0. The molecule has 0 fully saturated rings. The lowest BCUT2D eigenvalue weighted by Crippen LogP contribution is -2.17. The Morgan fingerprint density at radius 3 is 2.80 bits per heavy atom. The summed E-state index contributed by atoms with van der Waals surface area (Å²) < 4.78 is 0. The Morgan fingerprint density at radius 1 is 1.25 bits per heavy atom. The molecule has 2 aromatic heterocycles. The first-order valence-electron chi connectivity index (χ1n) is 7.24. The van der Waals surface area contributed by atoms with Crippen molar-refractivity contribution in [1.82, 2.24) is 5.32 Å². The third-order valence-corrected chi connectivity index (χ3v) is 7.42. The fraction of sp³-hybridized carbons (Fsp3) is 0.500. The van der Waals surface area contributed by atoms with Gasteiger partial charge in [-0.1, -0.05) is 6.92 Å². The van der Waals surface area contributed by atoms with Gasteiger partial charge in [-0.2, -0.15) is 11.8 Å². The van der Waals surface area contributed by atoms with Gasteiger partial charge in [-0.3, -0.25) is 0 Å². The van der Waals surface area contributed by atoms with Crippen LogP contribution in [0.5, 0.6) is 0 Å². The smallest absolute Gasteiger partial charge is 0.0461 e. The molecule has 1 aliphatic heterocycles. The van der Waals surface area contributed by atoms with Gasteiger partial charge in [-0.05, 0) is 49.4 Å². The molecule has 1 aliphatic rings.